The number of aromatic amines is 1. The predicted molar refractivity (Wildman–Crippen MR) is 91.7 cm³/mol. The van der Waals surface area contributed by atoms with Gasteiger partial charge in [0.2, 0.25) is 0 Å². The Labute approximate surface area is 147 Å². The number of benzene rings is 2. The number of nitrogens with one attached hydrogen (secondary N) is 2. The number of carbonyl (C=O) groups excluding carboxylic acids is 1. The summed E-state index contributed by atoms with van der Waals surface area (Å²) in [5.74, 6) is -1.79. The lowest BCUT2D eigenvalue weighted by Gasteiger charge is -2.14. The molecule has 3 rings (SSSR count). The van der Waals surface area contributed by atoms with Crippen molar-refractivity contribution >= 4 is 23.2 Å². The average Bonchev–Trinajstić information content (AvgIpc) is 2.99. The SMILES string of the molecule is O=C(N[C@H](Cc1ccc2[nH]c(=O)oc2c1)C(=O)O)OCc1ccccc1. The van der Waals surface area contributed by atoms with E-state index < -0.39 is 23.9 Å². The highest BCUT2D eigenvalue weighted by molar-refractivity contribution is 5.80. The van der Waals surface area contributed by atoms with Crippen molar-refractivity contribution in [2.75, 3.05) is 0 Å². The van der Waals surface area contributed by atoms with Crippen LogP contribution in [0.2, 0.25) is 0 Å². The molecule has 0 bridgehead atoms. The molecule has 1 aromatic heterocycles. The average molecular weight is 356 g/mol. The van der Waals surface area contributed by atoms with Crippen molar-refractivity contribution in [3.8, 4) is 0 Å². The third kappa shape index (κ3) is 4.29. The van der Waals surface area contributed by atoms with Gasteiger partial charge in [0.15, 0.2) is 5.58 Å². The van der Waals surface area contributed by atoms with Gasteiger partial charge < -0.3 is 19.6 Å². The van der Waals surface area contributed by atoms with Crippen molar-refractivity contribution in [2.24, 2.45) is 0 Å². The van der Waals surface area contributed by atoms with Gasteiger partial charge in [-0.05, 0) is 23.3 Å². The number of rotatable bonds is 6. The molecule has 0 aliphatic heterocycles. The summed E-state index contributed by atoms with van der Waals surface area (Å²) in [4.78, 5) is 37.0. The van der Waals surface area contributed by atoms with Gasteiger partial charge in [0.1, 0.15) is 12.6 Å². The number of aromatic nitrogens is 1. The molecule has 1 amide bonds. The Morgan fingerprint density at radius 2 is 1.92 bits per heavy atom. The van der Waals surface area contributed by atoms with Gasteiger partial charge in [0.05, 0.1) is 5.52 Å². The lowest BCUT2D eigenvalue weighted by atomic mass is 10.1. The fraction of sp³-hybridized carbons (Fsp3) is 0.167. The van der Waals surface area contributed by atoms with Gasteiger partial charge in [-0.3, -0.25) is 4.98 Å². The topological polar surface area (TPSA) is 122 Å². The first-order chi connectivity index (χ1) is 12.5. The van der Waals surface area contributed by atoms with Gasteiger partial charge in [-0.2, -0.15) is 0 Å². The summed E-state index contributed by atoms with van der Waals surface area (Å²) in [7, 11) is 0. The summed E-state index contributed by atoms with van der Waals surface area (Å²) in [5.41, 5.74) is 2.22. The number of hydrogen-bond donors (Lipinski definition) is 3. The quantitative estimate of drug-likeness (QED) is 0.621. The Morgan fingerprint density at radius 1 is 1.15 bits per heavy atom. The van der Waals surface area contributed by atoms with Gasteiger partial charge >= 0.3 is 17.8 Å². The van der Waals surface area contributed by atoms with Gasteiger partial charge in [0, 0.05) is 6.42 Å². The number of carboxylic acids is 1. The lowest BCUT2D eigenvalue weighted by molar-refractivity contribution is -0.139. The molecular weight excluding hydrogens is 340 g/mol. The molecule has 0 aliphatic carbocycles. The standard InChI is InChI=1S/C18H16N2O6/c21-16(22)14(20-17(23)25-10-11-4-2-1-3-5-11)8-12-6-7-13-15(9-12)26-18(24)19-13/h1-7,9,14H,8,10H2,(H,19,24)(H,20,23)(H,21,22)/t14-/m1/s1. The van der Waals surface area contributed by atoms with Crippen molar-refractivity contribution in [2.45, 2.75) is 19.1 Å². The third-order valence-electron chi connectivity index (χ3n) is 3.73. The van der Waals surface area contributed by atoms with Crippen LogP contribution in [0.5, 0.6) is 0 Å². The molecule has 0 unspecified atom stereocenters. The number of carboxylic acid groups (broad SMARTS) is 1. The Bertz CT molecular complexity index is 976. The van der Waals surface area contributed by atoms with Crippen molar-refractivity contribution < 1.29 is 23.8 Å². The van der Waals surface area contributed by atoms with E-state index in [1.54, 1.807) is 30.3 Å². The molecule has 26 heavy (non-hydrogen) atoms. The fourth-order valence-electron chi connectivity index (χ4n) is 2.46. The molecular formula is C18H16N2O6. The number of ether oxygens (including phenoxy) is 1. The van der Waals surface area contributed by atoms with Crippen molar-refractivity contribution in [3.63, 3.8) is 0 Å². The van der Waals surface area contributed by atoms with E-state index in [0.29, 0.717) is 16.7 Å². The minimum Gasteiger partial charge on any atom is -0.480 e. The van der Waals surface area contributed by atoms with Crippen molar-refractivity contribution in [1.82, 2.24) is 10.3 Å². The molecule has 0 saturated carbocycles. The minimum atomic E-state index is -1.20. The molecule has 134 valence electrons. The largest absolute Gasteiger partial charge is 0.480 e. The Kier molecular flexibility index (Phi) is 5.02. The van der Waals surface area contributed by atoms with E-state index >= 15 is 0 Å². The van der Waals surface area contributed by atoms with E-state index in [-0.39, 0.29) is 13.0 Å². The summed E-state index contributed by atoms with van der Waals surface area (Å²) in [6.45, 7) is 0.0411. The lowest BCUT2D eigenvalue weighted by Crippen LogP contribution is -2.42. The molecule has 8 heteroatoms. The summed E-state index contributed by atoms with van der Waals surface area (Å²) < 4.78 is 9.99. The van der Waals surface area contributed by atoms with Crippen molar-refractivity contribution in [3.05, 3.63) is 70.2 Å². The van der Waals surface area contributed by atoms with Crippen molar-refractivity contribution in [1.29, 1.82) is 0 Å². The van der Waals surface area contributed by atoms with Crippen LogP contribution in [0.1, 0.15) is 11.1 Å². The van der Waals surface area contributed by atoms with Crippen LogP contribution in [0.3, 0.4) is 0 Å². The van der Waals surface area contributed by atoms with Crippen LogP contribution in [0.15, 0.2) is 57.7 Å². The first-order valence-electron chi connectivity index (χ1n) is 7.83. The Balaban J connectivity index is 1.63. The van der Waals surface area contributed by atoms with E-state index in [4.69, 9.17) is 9.15 Å². The first kappa shape index (κ1) is 17.3. The van der Waals surface area contributed by atoms with E-state index in [1.807, 2.05) is 18.2 Å². The number of carbonyl (C=O) groups is 2. The van der Waals surface area contributed by atoms with E-state index in [1.165, 1.54) is 0 Å². The highest BCUT2D eigenvalue weighted by Crippen LogP contribution is 2.14. The Morgan fingerprint density at radius 3 is 2.65 bits per heavy atom. The second-order valence-electron chi connectivity index (χ2n) is 5.65. The first-order valence-corrected chi connectivity index (χ1v) is 7.83. The third-order valence-corrected chi connectivity index (χ3v) is 3.73. The van der Waals surface area contributed by atoms with Crippen LogP contribution < -0.4 is 11.1 Å². The Hall–Kier alpha value is -3.55. The number of H-pyrrole nitrogens is 1. The second kappa shape index (κ2) is 7.56. The van der Waals surface area contributed by atoms with Gasteiger partial charge in [0.25, 0.3) is 0 Å². The van der Waals surface area contributed by atoms with E-state index in [2.05, 4.69) is 10.3 Å². The van der Waals surface area contributed by atoms with Crippen LogP contribution in [0.4, 0.5) is 4.79 Å². The molecule has 0 radical (unpaired) electrons. The molecule has 3 N–H and O–H groups in total. The monoisotopic (exact) mass is 356 g/mol. The number of alkyl carbamates (subject to hydrolysis) is 1. The maximum absolute atomic E-state index is 11.9. The van der Waals surface area contributed by atoms with Crippen LogP contribution in [-0.2, 0) is 22.6 Å². The zero-order valence-electron chi connectivity index (χ0n) is 13.6. The summed E-state index contributed by atoms with van der Waals surface area (Å²) in [5, 5.41) is 11.7. The van der Waals surface area contributed by atoms with Crippen LogP contribution in [0.25, 0.3) is 11.1 Å². The van der Waals surface area contributed by atoms with Gasteiger partial charge in [-0.1, -0.05) is 36.4 Å². The molecule has 1 heterocycles. The molecule has 3 aromatic rings. The fourth-order valence-corrected chi connectivity index (χ4v) is 2.46. The number of oxazole rings is 1. The zero-order valence-corrected chi connectivity index (χ0v) is 13.6. The maximum Gasteiger partial charge on any atom is 0.417 e. The summed E-state index contributed by atoms with van der Waals surface area (Å²) >= 11 is 0. The molecule has 2 aromatic carbocycles. The van der Waals surface area contributed by atoms with Gasteiger partial charge in [-0.25, -0.2) is 14.4 Å². The van der Waals surface area contributed by atoms with Crippen LogP contribution >= 0.6 is 0 Å². The predicted octanol–water partition coefficient (Wildman–Crippen LogP) is 2.04. The highest BCUT2D eigenvalue weighted by atomic mass is 16.5. The summed E-state index contributed by atoms with van der Waals surface area (Å²) in [6.07, 6.45) is -0.809. The number of hydrogen-bond acceptors (Lipinski definition) is 5. The number of aliphatic carboxylic acids is 1. The molecule has 0 spiro atoms. The van der Waals surface area contributed by atoms with E-state index in [0.717, 1.165) is 5.56 Å². The maximum atomic E-state index is 11.9. The zero-order chi connectivity index (χ0) is 18.5. The van der Waals surface area contributed by atoms with E-state index in [9.17, 15) is 19.5 Å². The minimum absolute atomic E-state index is 0.0145. The molecule has 1 atom stereocenters. The smallest absolute Gasteiger partial charge is 0.417 e. The normalized spacial score (nSPS) is 11.8. The summed E-state index contributed by atoms with van der Waals surface area (Å²) in [6, 6.07) is 12.7. The van der Waals surface area contributed by atoms with Crippen LogP contribution in [0, 0.1) is 0 Å². The van der Waals surface area contributed by atoms with Crippen LogP contribution in [-0.4, -0.2) is 28.2 Å². The number of amides is 1. The molecule has 0 saturated heterocycles. The molecule has 8 nitrogen and oxygen atoms in total. The molecule has 0 aliphatic rings. The second-order valence-corrected chi connectivity index (χ2v) is 5.65. The van der Waals surface area contributed by atoms with Gasteiger partial charge in [-0.15, -0.1) is 0 Å². The number of fused-ring (bicyclic) bond motifs is 1. The molecule has 0 fully saturated rings. The highest BCUT2D eigenvalue weighted by Gasteiger charge is 2.21.